The number of hydrogen-bond acceptors (Lipinski definition) is 7. The number of rotatable bonds is 7. The van der Waals surface area contributed by atoms with Gasteiger partial charge in [0, 0.05) is 43.5 Å². The molecule has 5 rings (SSSR count). The van der Waals surface area contributed by atoms with Gasteiger partial charge in [-0.15, -0.1) is 0 Å². The van der Waals surface area contributed by atoms with Crippen LogP contribution in [0.5, 0.6) is 11.5 Å². The van der Waals surface area contributed by atoms with Gasteiger partial charge < -0.3 is 34.7 Å². The number of para-hydroxylation sites is 1. The van der Waals surface area contributed by atoms with Crippen LogP contribution in [0.4, 0.5) is 11.4 Å². The van der Waals surface area contributed by atoms with Crippen molar-refractivity contribution in [1.82, 2.24) is 20.2 Å². The summed E-state index contributed by atoms with van der Waals surface area (Å²) < 4.78 is 17.6. The number of H-pyrrole nitrogens is 1. The number of pyridine rings is 1. The summed E-state index contributed by atoms with van der Waals surface area (Å²) in [6.07, 6.45) is 4.05. The van der Waals surface area contributed by atoms with Gasteiger partial charge in [0.2, 0.25) is 0 Å². The standard InChI is InChI=1S/C25H28ClN5O4/c1-31-10-11-34-15(13-31)14-35-20-12-27-8-6-16(20)22-23(21-18(29-22)7-9-28-25(21)32)30-19-5-3-4-17(26)24(19)33-2/h3-6,8,12,15,29-30H,7,9-11,13-14H2,1-2H3,(H,28,32). The molecule has 1 unspecified atom stereocenters. The first-order valence-electron chi connectivity index (χ1n) is 11.5. The molecule has 10 heteroatoms. The Morgan fingerprint density at radius 1 is 1.34 bits per heavy atom. The number of methoxy groups -OCH3 is 1. The number of amides is 1. The Kier molecular flexibility index (Phi) is 6.81. The lowest BCUT2D eigenvalue weighted by atomic mass is 10.0. The molecule has 9 nitrogen and oxygen atoms in total. The number of ether oxygens (including phenoxy) is 3. The molecule has 0 radical (unpaired) electrons. The van der Waals surface area contributed by atoms with Crippen molar-refractivity contribution >= 4 is 28.9 Å². The SMILES string of the molecule is COc1c(Cl)cccc1Nc1c(-c2ccncc2OCC2CN(C)CCO2)[nH]c2c1C(=O)NCC2. The zero-order valence-electron chi connectivity index (χ0n) is 19.7. The molecule has 0 saturated carbocycles. The molecule has 2 aromatic heterocycles. The number of nitrogens with zero attached hydrogens (tertiary/aromatic N) is 2. The molecule has 2 aliphatic rings. The first-order valence-corrected chi connectivity index (χ1v) is 11.9. The fourth-order valence-electron chi connectivity index (χ4n) is 4.51. The quantitative estimate of drug-likeness (QED) is 0.459. The Morgan fingerprint density at radius 2 is 2.23 bits per heavy atom. The topological polar surface area (TPSA) is 101 Å². The summed E-state index contributed by atoms with van der Waals surface area (Å²) in [7, 11) is 3.63. The van der Waals surface area contributed by atoms with E-state index >= 15 is 0 Å². The lowest BCUT2D eigenvalue weighted by Crippen LogP contribution is -2.42. The van der Waals surface area contributed by atoms with Crippen LogP contribution in [0.15, 0.2) is 36.7 Å². The highest BCUT2D eigenvalue weighted by Crippen LogP contribution is 2.42. The zero-order chi connectivity index (χ0) is 24.4. The number of carbonyl (C=O) groups is 1. The summed E-state index contributed by atoms with van der Waals surface area (Å²) in [6.45, 7) is 3.35. The highest BCUT2D eigenvalue weighted by atomic mass is 35.5. The number of morpholine rings is 1. The van der Waals surface area contributed by atoms with Crippen molar-refractivity contribution in [3.05, 3.63) is 52.9 Å². The van der Waals surface area contributed by atoms with Crippen LogP contribution in [0.3, 0.4) is 0 Å². The van der Waals surface area contributed by atoms with Crippen molar-refractivity contribution in [2.24, 2.45) is 0 Å². The Morgan fingerprint density at radius 3 is 3.06 bits per heavy atom. The number of aromatic nitrogens is 2. The third kappa shape index (κ3) is 4.80. The predicted octanol–water partition coefficient (Wildman–Crippen LogP) is 3.48. The Balaban J connectivity index is 1.53. The van der Waals surface area contributed by atoms with Crippen LogP contribution in [0.2, 0.25) is 5.02 Å². The molecule has 0 aliphatic carbocycles. The maximum absolute atomic E-state index is 12.9. The number of aromatic amines is 1. The minimum absolute atomic E-state index is 0.0299. The van der Waals surface area contributed by atoms with E-state index in [4.69, 9.17) is 25.8 Å². The Hall–Kier alpha value is -3.27. The van der Waals surface area contributed by atoms with Gasteiger partial charge in [-0.25, -0.2) is 0 Å². The summed E-state index contributed by atoms with van der Waals surface area (Å²) in [5, 5.41) is 6.81. The van der Waals surface area contributed by atoms with Gasteiger partial charge in [-0.2, -0.15) is 0 Å². The Labute approximate surface area is 208 Å². The first kappa shape index (κ1) is 23.5. The van der Waals surface area contributed by atoms with E-state index in [1.807, 2.05) is 18.2 Å². The van der Waals surface area contributed by atoms with E-state index in [1.165, 1.54) is 0 Å². The number of halogens is 1. The smallest absolute Gasteiger partial charge is 0.255 e. The van der Waals surface area contributed by atoms with Crippen LogP contribution in [0, 0.1) is 0 Å². The molecule has 1 aromatic carbocycles. The van der Waals surface area contributed by atoms with Crippen molar-refractivity contribution in [2.45, 2.75) is 12.5 Å². The number of nitrogens with one attached hydrogen (secondary N) is 3. The van der Waals surface area contributed by atoms with Gasteiger partial charge >= 0.3 is 0 Å². The fourth-order valence-corrected chi connectivity index (χ4v) is 4.76. The fraction of sp³-hybridized carbons (Fsp3) is 0.360. The minimum Gasteiger partial charge on any atom is -0.493 e. The third-order valence-corrected chi connectivity index (χ3v) is 6.51. The van der Waals surface area contributed by atoms with E-state index < -0.39 is 0 Å². The largest absolute Gasteiger partial charge is 0.493 e. The number of hydrogen-bond donors (Lipinski definition) is 3. The highest BCUT2D eigenvalue weighted by Gasteiger charge is 2.29. The first-order chi connectivity index (χ1) is 17.0. The molecule has 1 atom stereocenters. The second-order valence-corrected chi connectivity index (χ2v) is 9.03. The van der Waals surface area contributed by atoms with Gasteiger partial charge in [0.25, 0.3) is 5.91 Å². The van der Waals surface area contributed by atoms with E-state index in [9.17, 15) is 4.79 Å². The van der Waals surface area contributed by atoms with Crippen LogP contribution in [-0.4, -0.2) is 73.9 Å². The minimum atomic E-state index is -0.146. The van der Waals surface area contributed by atoms with Gasteiger partial charge in [0.05, 0.1) is 47.6 Å². The van der Waals surface area contributed by atoms with Gasteiger partial charge in [-0.05, 0) is 25.2 Å². The molecule has 184 valence electrons. The van der Waals surface area contributed by atoms with Crippen molar-refractivity contribution in [3.8, 4) is 22.8 Å². The monoisotopic (exact) mass is 497 g/mol. The molecule has 1 saturated heterocycles. The predicted molar refractivity (Wildman–Crippen MR) is 134 cm³/mol. The molecule has 2 aliphatic heterocycles. The number of carbonyl (C=O) groups excluding carboxylic acids is 1. The summed E-state index contributed by atoms with van der Waals surface area (Å²) in [5.74, 6) is 0.952. The van der Waals surface area contributed by atoms with Gasteiger partial charge in [-0.1, -0.05) is 17.7 Å². The molecule has 1 amide bonds. The average Bonchev–Trinajstić information content (AvgIpc) is 3.22. The third-order valence-electron chi connectivity index (χ3n) is 6.22. The van der Waals surface area contributed by atoms with E-state index in [1.54, 1.807) is 25.6 Å². The van der Waals surface area contributed by atoms with Crippen molar-refractivity contribution < 1.29 is 19.0 Å². The average molecular weight is 498 g/mol. The maximum atomic E-state index is 12.9. The molecule has 4 heterocycles. The molecular weight excluding hydrogens is 470 g/mol. The molecule has 0 bridgehead atoms. The number of fused-ring (bicyclic) bond motifs is 1. The van der Waals surface area contributed by atoms with Gasteiger partial charge in [0.1, 0.15) is 18.5 Å². The Bertz CT molecular complexity index is 1230. The molecule has 35 heavy (non-hydrogen) atoms. The van der Waals surface area contributed by atoms with E-state index in [-0.39, 0.29) is 12.0 Å². The van der Waals surface area contributed by atoms with E-state index in [0.717, 1.165) is 30.0 Å². The van der Waals surface area contributed by atoms with Crippen molar-refractivity contribution in [3.63, 3.8) is 0 Å². The zero-order valence-corrected chi connectivity index (χ0v) is 20.4. The van der Waals surface area contributed by atoms with Crippen LogP contribution < -0.4 is 20.1 Å². The maximum Gasteiger partial charge on any atom is 0.255 e. The molecule has 0 spiro atoms. The van der Waals surface area contributed by atoms with E-state index in [2.05, 4.69) is 32.5 Å². The lowest BCUT2D eigenvalue weighted by Gasteiger charge is -2.30. The van der Waals surface area contributed by atoms with Crippen LogP contribution in [-0.2, 0) is 11.2 Å². The molecular formula is C25H28ClN5O4. The lowest BCUT2D eigenvalue weighted by molar-refractivity contribution is -0.0403. The molecule has 1 fully saturated rings. The summed E-state index contributed by atoms with van der Waals surface area (Å²) >= 11 is 6.35. The van der Waals surface area contributed by atoms with Crippen LogP contribution >= 0.6 is 11.6 Å². The van der Waals surface area contributed by atoms with Crippen LogP contribution in [0.25, 0.3) is 11.3 Å². The highest BCUT2D eigenvalue weighted by molar-refractivity contribution is 6.32. The summed E-state index contributed by atoms with van der Waals surface area (Å²) in [4.78, 5) is 22.9. The number of likely N-dealkylation sites (N-methyl/N-ethyl adjacent to an activating group) is 1. The van der Waals surface area contributed by atoms with Gasteiger partial charge in [0.15, 0.2) is 5.75 Å². The second-order valence-electron chi connectivity index (χ2n) is 8.62. The molecule has 3 N–H and O–H groups in total. The summed E-state index contributed by atoms with van der Waals surface area (Å²) in [6, 6.07) is 7.31. The summed E-state index contributed by atoms with van der Waals surface area (Å²) in [5.41, 5.74) is 4.21. The van der Waals surface area contributed by atoms with Gasteiger partial charge in [-0.3, -0.25) is 9.78 Å². The second kappa shape index (κ2) is 10.2. The normalized spacial score (nSPS) is 18.0. The number of benzene rings is 1. The van der Waals surface area contributed by atoms with Crippen LogP contribution in [0.1, 0.15) is 16.1 Å². The van der Waals surface area contributed by atoms with Crippen molar-refractivity contribution in [1.29, 1.82) is 0 Å². The van der Waals surface area contributed by atoms with E-state index in [0.29, 0.717) is 59.6 Å². The number of anilines is 2. The van der Waals surface area contributed by atoms with Crippen molar-refractivity contribution in [2.75, 3.05) is 52.3 Å². The molecule has 3 aromatic rings.